The maximum atomic E-state index is 13.7. The molecule has 0 atom stereocenters. The molecule has 0 radical (unpaired) electrons. The first-order valence-electron chi connectivity index (χ1n) is 6.91. The van der Waals surface area contributed by atoms with Crippen molar-refractivity contribution in [2.45, 2.75) is 19.9 Å². The normalized spacial score (nSPS) is 11.0. The molecule has 6 heteroatoms. The van der Waals surface area contributed by atoms with Gasteiger partial charge in [0.25, 0.3) is 0 Å². The number of methoxy groups -OCH3 is 1. The topological polar surface area (TPSA) is 69.4 Å². The molecule has 1 aromatic rings. The summed E-state index contributed by atoms with van der Waals surface area (Å²) in [5.41, 5.74) is 0.771. The molecule has 0 spiro atoms. The van der Waals surface area contributed by atoms with Gasteiger partial charge in [-0.15, -0.1) is 0 Å². The summed E-state index contributed by atoms with van der Waals surface area (Å²) < 4.78 is 18.7. The van der Waals surface area contributed by atoms with Crippen LogP contribution in [0.4, 0.5) is 4.39 Å². The van der Waals surface area contributed by atoms with Crippen LogP contribution in [-0.4, -0.2) is 32.8 Å². The van der Waals surface area contributed by atoms with Gasteiger partial charge in [0.05, 0.1) is 18.2 Å². The molecule has 114 valence electrons. The monoisotopic (exact) mass is 292 g/mol. The lowest BCUT2D eigenvalue weighted by atomic mass is 10.1. The SMILES string of the molecule is CCNC(=NCc1ccc(C#N)cc1F)NCCCOC. The van der Waals surface area contributed by atoms with Crippen LogP contribution in [0.15, 0.2) is 23.2 Å². The molecule has 0 unspecified atom stereocenters. The highest BCUT2D eigenvalue weighted by atomic mass is 19.1. The van der Waals surface area contributed by atoms with E-state index < -0.39 is 5.82 Å². The van der Waals surface area contributed by atoms with Crippen molar-refractivity contribution in [1.29, 1.82) is 5.26 Å². The molecule has 1 aromatic carbocycles. The van der Waals surface area contributed by atoms with Crippen LogP contribution in [0.1, 0.15) is 24.5 Å². The molecule has 0 fully saturated rings. The molecule has 0 aliphatic carbocycles. The van der Waals surface area contributed by atoms with Crippen molar-refractivity contribution < 1.29 is 9.13 Å². The van der Waals surface area contributed by atoms with Gasteiger partial charge in [-0.25, -0.2) is 9.38 Å². The molecule has 21 heavy (non-hydrogen) atoms. The van der Waals surface area contributed by atoms with Crippen LogP contribution in [-0.2, 0) is 11.3 Å². The number of ether oxygens (including phenoxy) is 1. The average Bonchev–Trinajstić information content (AvgIpc) is 2.49. The van der Waals surface area contributed by atoms with Gasteiger partial charge in [0, 0.05) is 32.4 Å². The van der Waals surface area contributed by atoms with Gasteiger partial charge >= 0.3 is 0 Å². The van der Waals surface area contributed by atoms with Crippen LogP contribution in [0.5, 0.6) is 0 Å². The van der Waals surface area contributed by atoms with Crippen LogP contribution in [0, 0.1) is 17.1 Å². The minimum absolute atomic E-state index is 0.219. The molecular weight excluding hydrogens is 271 g/mol. The van der Waals surface area contributed by atoms with E-state index >= 15 is 0 Å². The predicted molar refractivity (Wildman–Crippen MR) is 80.4 cm³/mol. The fraction of sp³-hybridized carbons (Fsp3) is 0.467. The second kappa shape index (κ2) is 9.72. The molecule has 0 bridgehead atoms. The van der Waals surface area contributed by atoms with E-state index in [9.17, 15) is 4.39 Å². The van der Waals surface area contributed by atoms with Gasteiger partial charge in [-0.3, -0.25) is 0 Å². The maximum Gasteiger partial charge on any atom is 0.191 e. The number of guanidine groups is 1. The summed E-state index contributed by atoms with van der Waals surface area (Å²) in [4.78, 5) is 4.33. The van der Waals surface area contributed by atoms with Gasteiger partial charge in [0.1, 0.15) is 5.82 Å². The van der Waals surface area contributed by atoms with Crippen molar-refractivity contribution in [3.63, 3.8) is 0 Å². The standard InChI is InChI=1S/C15H21FN4O/c1-3-18-15(19-7-4-8-21-2)20-11-13-6-5-12(10-17)9-14(13)16/h5-6,9H,3-4,7-8,11H2,1-2H3,(H2,18,19,20). The van der Waals surface area contributed by atoms with E-state index in [4.69, 9.17) is 10.00 Å². The smallest absolute Gasteiger partial charge is 0.191 e. The lowest BCUT2D eigenvalue weighted by Gasteiger charge is -2.11. The molecule has 1 rings (SSSR count). The van der Waals surface area contributed by atoms with E-state index in [2.05, 4.69) is 15.6 Å². The summed E-state index contributed by atoms with van der Waals surface area (Å²) >= 11 is 0. The number of nitrogens with one attached hydrogen (secondary N) is 2. The molecule has 0 saturated heterocycles. The van der Waals surface area contributed by atoms with E-state index in [1.807, 2.05) is 13.0 Å². The molecule has 5 nitrogen and oxygen atoms in total. The van der Waals surface area contributed by atoms with Crippen LogP contribution in [0.3, 0.4) is 0 Å². The second-order valence-electron chi connectivity index (χ2n) is 4.39. The first-order valence-corrected chi connectivity index (χ1v) is 6.91. The van der Waals surface area contributed by atoms with Crippen molar-refractivity contribution in [1.82, 2.24) is 10.6 Å². The zero-order valence-corrected chi connectivity index (χ0v) is 12.4. The van der Waals surface area contributed by atoms with E-state index in [-0.39, 0.29) is 6.54 Å². The lowest BCUT2D eigenvalue weighted by molar-refractivity contribution is 0.195. The van der Waals surface area contributed by atoms with Crippen molar-refractivity contribution in [2.75, 3.05) is 26.8 Å². The third-order valence-corrected chi connectivity index (χ3v) is 2.75. The number of benzene rings is 1. The average molecular weight is 292 g/mol. The predicted octanol–water partition coefficient (Wildman–Crippen LogP) is 1.79. The fourth-order valence-electron chi connectivity index (χ4n) is 1.67. The molecular formula is C15H21FN4O. The van der Waals surface area contributed by atoms with Crippen LogP contribution >= 0.6 is 0 Å². The largest absolute Gasteiger partial charge is 0.385 e. The van der Waals surface area contributed by atoms with Crippen LogP contribution in [0.25, 0.3) is 0 Å². The quantitative estimate of drug-likeness (QED) is 0.457. The Kier molecular flexibility index (Phi) is 7.84. The maximum absolute atomic E-state index is 13.7. The molecule has 0 heterocycles. The van der Waals surface area contributed by atoms with E-state index in [0.717, 1.165) is 19.5 Å². The minimum atomic E-state index is -0.409. The minimum Gasteiger partial charge on any atom is -0.385 e. The Bertz CT molecular complexity index is 511. The Morgan fingerprint density at radius 2 is 2.24 bits per heavy atom. The van der Waals surface area contributed by atoms with Crippen molar-refractivity contribution >= 4 is 5.96 Å². The Morgan fingerprint density at radius 1 is 1.43 bits per heavy atom. The highest BCUT2D eigenvalue weighted by molar-refractivity contribution is 5.79. The zero-order chi connectivity index (χ0) is 15.5. The number of hydrogen-bond acceptors (Lipinski definition) is 3. The van der Waals surface area contributed by atoms with E-state index in [1.54, 1.807) is 19.2 Å². The highest BCUT2D eigenvalue weighted by Gasteiger charge is 2.04. The van der Waals surface area contributed by atoms with Gasteiger partial charge in [0.15, 0.2) is 5.96 Å². The summed E-state index contributed by atoms with van der Waals surface area (Å²) in [7, 11) is 1.66. The van der Waals surface area contributed by atoms with Gasteiger partial charge in [0.2, 0.25) is 0 Å². The molecule has 0 aliphatic heterocycles. The molecule has 2 N–H and O–H groups in total. The van der Waals surface area contributed by atoms with Gasteiger partial charge < -0.3 is 15.4 Å². The number of halogens is 1. The Hall–Kier alpha value is -2.13. The Morgan fingerprint density at radius 3 is 2.86 bits per heavy atom. The zero-order valence-electron chi connectivity index (χ0n) is 12.4. The van der Waals surface area contributed by atoms with Crippen molar-refractivity contribution in [2.24, 2.45) is 4.99 Å². The molecule has 0 aromatic heterocycles. The molecule has 0 amide bonds. The van der Waals surface area contributed by atoms with E-state index in [0.29, 0.717) is 23.7 Å². The third-order valence-electron chi connectivity index (χ3n) is 2.75. The summed E-state index contributed by atoms with van der Waals surface area (Å²) in [6.07, 6.45) is 0.867. The van der Waals surface area contributed by atoms with E-state index in [1.165, 1.54) is 6.07 Å². The van der Waals surface area contributed by atoms with Gasteiger partial charge in [-0.05, 0) is 25.5 Å². The van der Waals surface area contributed by atoms with Crippen LogP contribution in [0.2, 0.25) is 0 Å². The number of hydrogen-bond donors (Lipinski definition) is 2. The van der Waals surface area contributed by atoms with Gasteiger partial charge in [-0.2, -0.15) is 5.26 Å². The van der Waals surface area contributed by atoms with Crippen molar-refractivity contribution in [3.8, 4) is 6.07 Å². The Labute approximate surface area is 124 Å². The van der Waals surface area contributed by atoms with Crippen molar-refractivity contribution in [3.05, 3.63) is 35.1 Å². The number of aliphatic imine (C=N–C) groups is 1. The number of rotatable bonds is 7. The lowest BCUT2D eigenvalue weighted by Crippen LogP contribution is -2.38. The second-order valence-corrected chi connectivity index (χ2v) is 4.39. The first kappa shape index (κ1) is 16.9. The summed E-state index contributed by atoms with van der Waals surface area (Å²) in [6, 6.07) is 6.31. The fourth-order valence-corrected chi connectivity index (χ4v) is 1.67. The summed E-state index contributed by atoms with van der Waals surface area (Å²) in [5.74, 6) is 0.227. The number of nitrogens with zero attached hydrogens (tertiary/aromatic N) is 2. The third kappa shape index (κ3) is 6.23. The first-order chi connectivity index (χ1) is 10.2. The molecule has 0 saturated carbocycles. The number of nitriles is 1. The van der Waals surface area contributed by atoms with Gasteiger partial charge in [-0.1, -0.05) is 6.07 Å². The van der Waals surface area contributed by atoms with Crippen LogP contribution < -0.4 is 10.6 Å². The molecule has 0 aliphatic rings. The summed E-state index contributed by atoms with van der Waals surface area (Å²) in [6.45, 7) is 4.32. The highest BCUT2D eigenvalue weighted by Crippen LogP contribution is 2.10. The Balaban J connectivity index is 2.62. The summed E-state index contributed by atoms with van der Waals surface area (Å²) in [5, 5.41) is 15.0.